The number of nitrogens with zero attached hydrogens (tertiary/aromatic N) is 3. The van der Waals surface area contributed by atoms with Gasteiger partial charge < -0.3 is 4.57 Å². The molecular weight excluding hydrogens is 277 g/mol. The standard InChI is InChI=1S/C15H13ClFN3/c16-7-5-15-19-13-9-18-8-6-14(13)20(15)10-11-1-3-12(17)4-2-11/h1-4,6,8-9H,5,7,10H2. The molecule has 0 bridgehead atoms. The Hall–Kier alpha value is -1.94. The number of aryl methyl sites for hydroxylation is 1. The van der Waals surface area contributed by atoms with Crippen LogP contribution in [0.25, 0.3) is 11.0 Å². The lowest BCUT2D eigenvalue weighted by atomic mass is 10.2. The highest BCUT2D eigenvalue weighted by molar-refractivity contribution is 6.17. The van der Waals surface area contributed by atoms with Crippen LogP contribution in [-0.2, 0) is 13.0 Å². The summed E-state index contributed by atoms with van der Waals surface area (Å²) in [7, 11) is 0. The van der Waals surface area contributed by atoms with Gasteiger partial charge in [0.2, 0.25) is 0 Å². The van der Waals surface area contributed by atoms with Crippen LogP contribution in [0.15, 0.2) is 42.7 Å². The van der Waals surface area contributed by atoms with Crippen LogP contribution in [0.4, 0.5) is 4.39 Å². The zero-order valence-electron chi connectivity index (χ0n) is 10.8. The van der Waals surface area contributed by atoms with E-state index in [-0.39, 0.29) is 5.82 Å². The Balaban J connectivity index is 2.04. The van der Waals surface area contributed by atoms with Crippen LogP contribution in [0.3, 0.4) is 0 Å². The van der Waals surface area contributed by atoms with E-state index >= 15 is 0 Å². The molecule has 0 radical (unpaired) electrons. The number of hydrogen-bond donors (Lipinski definition) is 0. The summed E-state index contributed by atoms with van der Waals surface area (Å²) < 4.78 is 15.1. The van der Waals surface area contributed by atoms with Gasteiger partial charge >= 0.3 is 0 Å². The van der Waals surface area contributed by atoms with Crippen molar-refractivity contribution in [2.24, 2.45) is 0 Å². The average Bonchev–Trinajstić information content (AvgIpc) is 2.80. The van der Waals surface area contributed by atoms with Crippen LogP contribution in [0.1, 0.15) is 11.4 Å². The van der Waals surface area contributed by atoms with Gasteiger partial charge in [0.25, 0.3) is 0 Å². The van der Waals surface area contributed by atoms with Gasteiger partial charge in [-0.05, 0) is 23.8 Å². The number of benzene rings is 1. The van der Waals surface area contributed by atoms with Crippen molar-refractivity contribution < 1.29 is 4.39 Å². The van der Waals surface area contributed by atoms with Crippen molar-refractivity contribution in [3.63, 3.8) is 0 Å². The Bertz CT molecular complexity index is 722. The molecule has 0 N–H and O–H groups in total. The lowest BCUT2D eigenvalue weighted by molar-refractivity contribution is 0.626. The Morgan fingerprint density at radius 2 is 1.95 bits per heavy atom. The van der Waals surface area contributed by atoms with Gasteiger partial charge in [-0.1, -0.05) is 12.1 Å². The van der Waals surface area contributed by atoms with E-state index in [0.29, 0.717) is 18.8 Å². The van der Waals surface area contributed by atoms with Crippen LogP contribution < -0.4 is 0 Å². The predicted molar refractivity (Wildman–Crippen MR) is 77.5 cm³/mol. The number of rotatable bonds is 4. The van der Waals surface area contributed by atoms with E-state index in [0.717, 1.165) is 22.4 Å². The van der Waals surface area contributed by atoms with Crippen LogP contribution in [0.5, 0.6) is 0 Å². The van der Waals surface area contributed by atoms with Crippen LogP contribution in [0, 0.1) is 5.82 Å². The summed E-state index contributed by atoms with van der Waals surface area (Å²) >= 11 is 5.84. The zero-order valence-corrected chi connectivity index (χ0v) is 11.5. The normalized spacial score (nSPS) is 11.1. The van der Waals surface area contributed by atoms with E-state index in [1.54, 1.807) is 24.5 Å². The fraction of sp³-hybridized carbons (Fsp3) is 0.200. The Kier molecular flexibility index (Phi) is 3.65. The maximum absolute atomic E-state index is 13.0. The summed E-state index contributed by atoms with van der Waals surface area (Å²) in [5.41, 5.74) is 2.90. The van der Waals surface area contributed by atoms with Gasteiger partial charge in [-0.25, -0.2) is 9.37 Å². The zero-order chi connectivity index (χ0) is 13.9. The number of halogens is 2. The third-order valence-electron chi connectivity index (χ3n) is 3.20. The molecule has 0 saturated heterocycles. The summed E-state index contributed by atoms with van der Waals surface area (Å²) in [5.74, 6) is 1.21. The van der Waals surface area contributed by atoms with Gasteiger partial charge in [0.1, 0.15) is 17.2 Å². The first-order valence-electron chi connectivity index (χ1n) is 6.37. The van der Waals surface area contributed by atoms with E-state index in [1.807, 2.05) is 6.07 Å². The maximum Gasteiger partial charge on any atom is 0.123 e. The van der Waals surface area contributed by atoms with Gasteiger partial charge in [0, 0.05) is 25.0 Å². The first kappa shape index (κ1) is 13.1. The SMILES string of the molecule is Fc1ccc(Cn2c(CCCl)nc3cnccc32)cc1. The van der Waals surface area contributed by atoms with Crippen molar-refractivity contribution in [1.82, 2.24) is 14.5 Å². The van der Waals surface area contributed by atoms with Gasteiger partial charge in [0.15, 0.2) is 0 Å². The molecule has 20 heavy (non-hydrogen) atoms. The number of imidazole rings is 1. The van der Waals surface area contributed by atoms with Gasteiger partial charge in [-0.3, -0.25) is 4.98 Å². The van der Waals surface area contributed by atoms with Gasteiger partial charge in [-0.15, -0.1) is 11.6 Å². The van der Waals surface area contributed by atoms with E-state index < -0.39 is 0 Å². The number of alkyl halides is 1. The van der Waals surface area contributed by atoms with E-state index in [2.05, 4.69) is 14.5 Å². The Morgan fingerprint density at radius 3 is 2.70 bits per heavy atom. The average molecular weight is 290 g/mol. The van der Waals surface area contributed by atoms with Gasteiger partial charge in [-0.2, -0.15) is 0 Å². The monoisotopic (exact) mass is 289 g/mol. The van der Waals surface area contributed by atoms with Crippen molar-refractivity contribution in [3.05, 3.63) is 59.9 Å². The lowest BCUT2D eigenvalue weighted by Crippen LogP contribution is -2.06. The molecule has 5 heteroatoms. The molecule has 0 spiro atoms. The van der Waals surface area contributed by atoms with E-state index in [9.17, 15) is 4.39 Å². The molecule has 2 aromatic heterocycles. The predicted octanol–water partition coefficient (Wildman–Crippen LogP) is 3.40. The van der Waals surface area contributed by atoms with Crippen molar-refractivity contribution in [2.45, 2.75) is 13.0 Å². The minimum absolute atomic E-state index is 0.227. The molecule has 0 aliphatic rings. The second kappa shape index (κ2) is 5.59. The molecule has 1 aromatic carbocycles. The van der Waals surface area contributed by atoms with E-state index in [1.165, 1.54) is 12.1 Å². The highest BCUT2D eigenvalue weighted by Gasteiger charge is 2.10. The molecule has 0 saturated carbocycles. The quantitative estimate of drug-likeness (QED) is 0.689. The van der Waals surface area contributed by atoms with Crippen molar-refractivity contribution in [3.8, 4) is 0 Å². The molecule has 3 rings (SSSR count). The summed E-state index contributed by atoms with van der Waals surface area (Å²) in [6, 6.07) is 8.44. The summed E-state index contributed by atoms with van der Waals surface area (Å²) in [5, 5.41) is 0. The fourth-order valence-corrected chi connectivity index (χ4v) is 2.42. The van der Waals surface area contributed by atoms with E-state index in [4.69, 9.17) is 11.6 Å². The highest BCUT2D eigenvalue weighted by Crippen LogP contribution is 2.18. The molecule has 102 valence electrons. The van der Waals surface area contributed by atoms with Crippen molar-refractivity contribution in [2.75, 3.05) is 5.88 Å². The molecule has 0 unspecified atom stereocenters. The summed E-state index contributed by atoms with van der Waals surface area (Å²) in [4.78, 5) is 8.65. The minimum atomic E-state index is -0.227. The molecule has 0 amide bonds. The third kappa shape index (κ3) is 2.51. The number of fused-ring (bicyclic) bond motifs is 1. The Morgan fingerprint density at radius 1 is 1.15 bits per heavy atom. The van der Waals surface area contributed by atoms with Crippen molar-refractivity contribution in [1.29, 1.82) is 0 Å². The second-order valence-corrected chi connectivity index (χ2v) is 4.92. The number of pyridine rings is 1. The molecule has 3 aromatic rings. The molecule has 0 aliphatic heterocycles. The molecule has 2 heterocycles. The maximum atomic E-state index is 13.0. The molecule has 0 aliphatic carbocycles. The topological polar surface area (TPSA) is 30.7 Å². The minimum Gasteiger partial charge on any atom is -0.323 e. The van der Waals surface area contributed by atoms with Gasteiger partial charge in [0.05, 0.1) is 11.7 Å². The first-order chi connectivity index (χ1) is 9.78. The van der Waals surface area contributed by atoms with Crippen LogP contribution in [0.2, 0.25) is 0 Å². The Labute approximate surface area is 121 Å². The molecule has 0 fully saturated rings. The van der Waals surface area contributed by atoms with Crippen LogP contribution >= 0.6 is 11.6 Å². The second-order valence-electron chi connectivity index (χ2n) is 4.54. The summed E-state index contributed by atoms with van der Waals surface area (Å²) in [6.07, 6.45) is 4.18. The summed E-state index contributed by atoms with van der Waals surface area (Å²) in [6.45, 7) is 0.646. The highest BCUT2D eigenvalue weighted by atomic mass is 35.5. The number of hydrogen-bond acceptors (Lipinski definition) is 2. The smallest absolute Gasteiger partial charge is 0.123 e. The fourth-order valence-electron chi connectivity index (χ4n) is 2.26. The van der Waals surface area contributed by atoms with Crippen molar-refractivity contribution >= 4 is 22.6 Å². The first-order valence-corrected chi connectivity index (χ1v) is 6.91. The molecular formula is C15H13ClFN3. The lowest BCUT2D eigenvalue weighted by Gasteiger charge is -2.08. The number of aromatic nitrogens is 3. The molecule has 3 nitrogen and oxygen atoms in total. The van der Waals surface area contributed by atoms with Crippen LogP contribution in [-0.4, -0.2) is 20.4 Å². The molecule has 0 atom stereocenters. The largest absolute Gasteiger partial charge is 0.323 e. The third-order valence-corrected chi connectivity index (χ3v) is 3.39.